The summed E-state index contributed by atoms with van der Waals surface area (Å²) >= 11 is 0. The summed E-state index contributed by atoms with van der Waals surface area (Å²) in [5.74, 6) is -1.34. The van der Waals surface area contributed by atoms with Gasteiger partial charge in [-0.05, 0) is 53.6 Å². The molecule has 0 radical (unpaired) electrons. The third kappa shape index (κ3) is 3.20. The first-order valence-corrected chi connectivity index (χ1v) is 9.38. The first kappa shape index (κ1) is 18.9. The van der Waals surface area contributed by atoms with Gasteiger partial charge in [-0.25, -0.2) is 13.6 Å². The Balaban J connectivity index is 1.78. The number of amides is 1. The minimum absolute atomic E-state index is 0.0914. The average molecular weight is 419 g/mol. The van der Waals surface area contributed by atoms with Crippen molar-refractivity contribution in [2.75, 3.05) is 11.9 Å². The van der Waals surface area contributed by atoms with Gasteiger partial charge in [-0.15, -0.1) is 0 Å². The topological polar surface area (TPSA) is 66.8 Å². The maximum atomic E-state index is 14.7. The summed E-state index contributed by atoms with van der Waals surface area (Å²) in [6.45, 7) is 0. The Kier molecular flexibility index (Phi) is 4.25. The van der Waals surface area contributed by atoms with Gasteiger partial charge in [0, 0.05) is 41.1 Å². The first-order valence-electron chi connectivity index (χ1n) is 9.38. The summed E-state index contributed by atoms with van der Waals surface area (Å²) in [6, 6.07) is 16.0. The van der Waals surface area contributed by atoms with E-state index in [4.69, 9.17) is 8.83 Å². The fourth-order valence-electron chi connectivity index (χ4n) is 3.62. The fourth-order valence-corrected chi connectivity index (χ4v) is 3.62. The van der Waals surface area contributed by atoms with E-state index >= 15 is 0 Å². The lowest BCUT2D eigenvalue weighted by Crippen LogP contribution is -2.22. The zero-order valence-corrected chi connectivity index (χ0v) is 16.2. The molecule has 0 spiro atoms. The van der Waals surface area contributed by atoms with Crippen molar-refractivity contribution in [1.29, 1.82) is 0 Å². The number of hydrogen-bond acceptors (Lipinski definition) is 3. The lowest BCUT2D eigenvalue weighted by Gasteiger charge is -2.10. The lowest BCUT2D eigenvalue weighted by molar-refractivity contribution is 0.202. The molecular weight excluding hydrogens is 404 g/mol. The van der Waals surface area contributed by atoms with E-state index in [-0.39, 0.29) is 11.4 Å². The van der Waals surface area contributed by atoms with Crippen molar-refractivity contribution >= 4 is 33.9 Å². The van der Waals surface area contributed by atoms with Gasteiger partial charge in [-0.2, -0.15) is 0 Å². The summed E-state index contributed by atoms with van der Waals surface area (Å²) in [7, 11) is 1.35. The zero-order valence-electron chi connectivity index (χ0n) is 16.2. The van der Waals surface area contributed by atoms with Crippen molar-refractivity contribution in [3.8, 4) is 22.3 Å². The summed E-state index contributed by atoms with van der Waals surface area (Å²) in [5, 5.41) is 10.8. The predicted octanol–water partition coefficient (Wildman–Crippen LogP) is 6.91. The summed E-state index contributed by atoms with van der Waals surface area (Å²) in [4.78, 5) is 12.3. The van der Waals surface area contributed by atoms with Crippen molar-refractivity contribution in [1.82, 2.24) is 0 Å². The maximum absolute atomic E-state index is 14.7. The molecule has 5 rings (SSSR count). The summed E-state index contributed by atoms with van der Waals surface area (Å²) in [6.07, 6.45) is 0.403. The number of halogens is 2. The second-order valence-electron chi connectivity index (χ2n) is 7.17. The molecule has 2 heterocycles. The Morgan fingerprint density at radius 2 is 1.71 bits per heavy atom. The highest BCUT2D eigenvalue weighted by molar-refractivity contribution is 6.00. The molecule has 7 heteroatoms. The number of nitrogens with zero attached hydrogens (tertiary/aromatic N) is 1. The normalized spacial score (nSPS) is 11.3. The summed E-state index contributed by atoms with van der Waals surface area (Å²) in [5.41, 5.74) is 3.21. The van der Waals surface area contributed by atoms with Crippen LogP contribution in [0.15, 0.2) is 75.8 Å². The standard InChI is InChI=1S/C24H15F2NO4/c1-27(24(28)29)22-11-16-9-15(13-2-5-21-14(8-13)6-7-30-21)10-19(23(16)31-22)18-4-3-17(25)12-20(18)26/h2-12H,1H3,(H,28,29). The summed E-state index contributed by atoms with van der Waals surface area (Å²) < 4.78 is 39.3. The van der Waals surface area contributed by atoms with Gasteiger partial charge in [0.1, 0.15) is 22.8 Å². The van der Waals surface area contributed by atoms with E-state index in [1.165, 1.54) is 19.2 Å². The number of rotatable bonds is 3. The average Bonchev–Trinajstić information content (AvgIpc) is 3.38. The molecule has 5 aromatic rings. The van der Waals surface area contributed by atoms with Crippen LogP contribution in [-0.2, 0) is 0 Å². The molecule has 0 atom stereocenters. The third-order valence-corrected chi connectivity index (χ3v) is 5.23. The molecule has 0 saturated heterocycles. The minimum atomic E-state index is -1.20. The highest BCUT2D eigenvalue weighted by Crippen LogP contribution is 2.39. The van der Waals surface area contributed by atoms with Gasteiger partial charge in [0.25, 0.3) is 0 Å². The minimum Gasteiger partial charge on any atom is -0.465 e. The largest absolute Gasteiger partial charge is 0.465 e. The number of carbonyl (C=O) groups is 1. The van der Waals surface area contributed by atoms with Crippen LogP contribution in [0.25, 0.3) is 44.2 Å². The number of anilines is 1. The Morgan fingerprint density at radius 3 is 2.48 bits per heavy atom. The van der Waals surface area contributed by atoms with Crippen LogP contribution >= 0.6 is 0 Å². The fraction of sp³-hybridized carbons (Fsp3) is 0.0417. The lowest BCUT2D eigenvalue weighted by atomic mass is 9.96. The molecular formula is C24H15F2NO4. The van der Waals surface area contributed by atoms with E-state index in [1.807, 2.05) is 30.3 Å². The van der Waals surface area contributed by atoms with Crippen molar-refractivity contribution in [2.45, 2.75) is 0 Å². The Bertz CT molecular complexity index is 1470. The van der Waals surface area contributed by atoms with Gasteiger partial charge < -0.3 is 13.9 Å². The second-order valence-corrected chi connectivity index (χ2v) is 7.17. The highest BCUT2D eigenvalue weighted by atomic mass is 19.1. The maximum Gasteiger partial charge on any atom is 0.413 e. The van der Waals surface area contributed by atoms with Crippen molar-refractivity contribution < 1.29 is 27.5 Å². The molecule has 0 bridgehead atoms. The number of hydrogen-bond donors (Lipinski definition) is 1. The molecule has 0 aliphatic carbocycles. The molecule has 0 aliphatic rings. The smallest absolute Gasteiger partial charge is 0.413 e. The SMILES string of the molecule is CN(C(=O)O)c1cc2cc(-c3ccc4occc4c3)cc(-c3ccc(F)cc3F)c2o1. The van der Waals surface area contributed by atoms with Gasteiger partial charge in [0.2, 0.25) is 5.88 Å². The molecule has 0 saturated carbocycles. The predicted molar refractivity (Wildman–Crippen MR) is 113 cm³/mol. The van der Waals surface area contributed by atoms with Crippen LogP contribution in [0.5, 0.6) is 0 Å². The van der Waals surface area contributed by atoms with Crippen molar-refractivity contribution in [3.63, 3.8) is 0 Å². The molecule has 0 unspecified atom stereocenters. The van der Waals surface area contributed by atoms with Crippen LogP contribution in [0.4, 0.5) is 19.5 Å². The van der Waals surface area contributed by atoms with E-state index in [1.54, 1.807) is 18.4 Å². The number of benzene rings is 3. The number of furan rings is 2. The highest BCUT2D eigenvalue weighted by Gasteiger charge is 2.20. The molecule has 31 heavy (non-hydrogen) atoms. The molecule has 1 amide bonds. The third-order valence-electron chi connectivity index (χ3n) is 5.23. The molecule has 3 aromatic carbocycles. The molecule has 2 aromatic heterocycles. The first-order chi connectivity index (χ1) is 14.9. The van der Waals surface area contributed by atoms with E-state index in [0.717, 1.165) is 33.1 Å². The number of carboxylic acid groups (broad SMARTS) is 1. The quantitative estimate of drug-likeness (QED) is 0.345. The van der Waals surface area contributed by atoms with Crippen LogP contribution in [0.2, 0.25) is 0 Å². The van der Waals surface area contributed by atoms with Gasteiger partial charge in [0.05, 0.1) is 6.26 Å². The Morgan fingerprint density at radius 1 is 0.903 bits per heavy atom. The van der Waals surface area contributed by atoms with E-state index in [2.05, 4.69) is 0 Å². The Hall–Kier alpha value is -4.13. The molecule has 0 aliphatic heterocycles. The number of fused-ring (bicyclic) bond motifs is 2. The van der Waals surface area contributed by atoms with E-state index in [0.29, 0.717) is 16.5 Å². The monoisotopic (exact) mass is 419 g/mol. The van der Waals surface area contributed by atoms with Crippen LogP contribution in [0.1, 0.15) is 0 Å². The van der Waals surface area contributed by atoms with Crippen LogP contribution in [0, 0.1) is 11.6 Å². The molecule has 154 valence electrons. The second kappa shape index (κ2) is 6.98. The molecule has 0 fully saturated rings. The van der Waals surface area contributed by atoms with Crippen molar-refractivity contribution in [2.24, 2.45) is 0 Å². The zero-order chi connectivity index (χ0) is 21.7. The molecule has 5 nitrogen and oxygen atoms in total. The van der Waals surface area contributed by atoms with Crippen molar-refractivity contribution in [3.05, 3.63) is 78.6 Å². The van der Waals surface area contributed by atoms with E-state index < -0.39 is 17.7 Å². The van der Waals surface area contributed by atoms with Crippen LogP contribution in [0.3, 0.4) is 0 Å². The molecule has 1 N–H and O–H groups in total. The van der Waals surface area contributed by atoms with Gasteiger partial charge in [0.15, 0.2) is 0 Å². The van der Waals surface area contributed by atoms with Gasteiger partial charge in [-0.1, -0.05) is 6.07 Å². The van der Waals surface area contributed by atoms with Gasteiger partial charge in [-0.3, -0.25) is 4.90 Å². The van der Waals surface area contributed by atoms with E-state index in [9.17, 15) is 18.7 Å². The Labute approximate surface area is 174 Å². The van der Waals surface area contributed by atoms with Gasteiger partial charge >= 0.3 is 6.09 Å². The van der Waals surface area contributed by atoms with Crippen LogP contribution in [-0.4, -0.2) is 18.2 Å². The van der Waals surface area contributed by atoms with Crippen LogP contribution < -0.4 is 4.90 Å².